The highest BCUT2D eigenvalue weighted by Crippen LogP contribution is 2.24. The van der Waals surface area contributed by atoms with Gasteiger partial charge in [-0.05, 0) is 41.7 Å². The van der Waals surface area contributed by atoms with E-state index in [1.807, 2.05) is 42.5 Å². The van der Waals surface area contributed by atoms with Crippen molar-refractivity contribution in [3.8, 4) is 16.9 Å². The van der Waals surface area contributed by atoms with E-state index < -0.39 is 6.04 Å². The number of amides is 3. The molecule has 174 valence electrons. The molecule has 0 aromatic heterocycles. The first-order valence-corrected chi connectivity index (χ1v) is 11.6. The largest absolute Gasteiger partial charge is 0.497 e. The Balaban J connectivity index is 1.49. The maximum atomic E-state index is 13.2. The third-order valence-electron chi connectivity index (χ3n) is 6.43. The van der Waals surface area contributed by atoms with Crippen LogP contribution in [0.5, 0.6) is 5.75 Å². The molecule has 7 nitrogen and oxygen atoms in total. The molecule has 2 aromatic rings. The lowest BCUT2D eigenvalue weighted by molar-refractivity contribution is -0.146. The number of nitrogens with one attached hydrogen (secondary N) is 1. The molecule has 0 radical (unpaired) electrons. The molecule has 2 heterocycles. The molecule has 0 bridgehead atoms. The fourth-order valence-corrected chi connectivity index (χ4v) is 4.56. The number of nitrogens with zero attached hydrogens (tertiary/aromatic N) is 2. The number of ether oxygens (including phenoxy) is 1. The van der Waals surface area contributed by atoms with Gasteiger partial charge in [0.25, 0.3) is 0 Å². The Morgan fingerprint density at radius 3 is 2.64 bits per heavy atom. The molecular formula is C26H31N3O4. The van der Waals surface area contributed by atoms with E-state index in [0.717, 1.165) is 41.7 Å². The summed E-state index contributed by atoms with van der Waals surface area (Å²) in [5, 5.41) is 2.89. The van der Waals surface area contributed by atoms with Gasteiger partial charge in [0.05, 0.1) is 13.7 Å². The van der Waals surface area contributed by atoms with Crippen molar-refractivity contribution in [1.82, 2.24) is 15.1 Å². The first-order valence-electron chi connectivity index (χ1n) is 11.6. The normalized spacial score (nSPS) is 19.1. The van der Waals surface area contributed by atoms with Gasteiger partial charge in [-0.3, -0.25) is 14.4 Å². The molecule has 2 saturated heterocycles. The molecule has 33 heavy (non-hydrogen) atoms. The molecule has 1 N–H and O–H groups in total. The summed E-state index contributed by atoms with van der Waals surface area (Å²) in [6, 6.07) is 15.3. The monoisotopic (exact) mass is 449 g/mol. The van der Waals surface area contributed by atoms with Crippen molar-refractivity contribution >= 4 is 17.7 Å². The quantitative estimate of drug-likeness (QED) is 0.735. The Morgan fingerprint density at radius 1 is 1.03 bits per heavy atom. The number of hydrogen-bond donors (Lipinski definition) is 1. The lowest BCUT2D eigenvalue weighted by Crippen LogP contribution is -2.59. The average molecular weight is 450 g/mol. The molecule has 0 saturated carbocycles. The van der Waals surface area contributed by atoms with Crippen molar-refractivity contribution in [2.75, 3.05) is 33.3 Å². The molecule has 2 aromatic carbocycles. The maximum Gasteiger partial charge on any atom is 0.243 e. The average Bonchev–Trinajstić information content (AvgIpc) is 3.04. The van der Waals surface area contributed by atoms with Gasteiger partial charge in [0.1, 0.15) is 11.8 Å². The van der Waals surface area contributed by atoms with Crippen molar-refractivity contribution in [2.24, 2.45) is 0 Å². The molecule has 0 aliphatic carbocycles. The van der Waals surface area contributed by atoms with E-state index in [-0.39, 0.29) is 24.3 Å². The predicted molar refractivity (Wildman–Crippen MR) is 126 cm³/mol. The third kappa shape index (κ3) is 5.53. The van der Waals surface area contributed by atoms with Crippen molar-refractivity contribution < 1.29 is 19.1 Å². The van der Waals surface area contributed by atoms with Crippen molar-refractivity contribution in [3.05, 3.63) is 54.1 Å². The van der Waals surface area contributed by atoms with Crippen LogP contribution in [0.2, 0.25) is 0 Å². The van der Waals surface area contributed by atoms with Crippen LogP contribution in [0.15, 0.2) is 48.5 Å². The number of carbonyl (C=O) groups excluding carboxylic acids is 3. The van der Waals surface area contributed by atoms with E-state index in [1.54, 1.807) is 16.9 Å². The SMILES string of the molecule is COc1ccc(-c2cccc(C[C@H]3C(=O)NCCN3C(=O)CN3CCCCCC3=O)c2)cc1. The molecule has 3 amide bonds. The molecule has 0 spiro atoms. The summed E-state index contributed by atoms with van der Waals surface area (Å²) >= 11 is 0. The van der Waals surface area contributed by atoms with Crippen molar-refractivity contribution in [3.63, 3.8) is 0 Å². The van der Waals surface area contributed by atoms with E-state index in [4.69, 9.17) is 4.74 Å². The highest BCUT2D eigenvalue weighted by molar-refractivity contribution is 5.91. The number of piperazine rings is 1. The zero-order chi connectivity index (χ0) is 23.2. The molecular weight excluding hydrogens is 418 g/mol. The van der Waals surface area contributed by atoms with Crippen LogP contribution in [-0.2, 0) is 20.8 Å². The van der Waals surface area contributed by atoms with Gasteiger partial charge in [-0.25, -0.2) is 0 Å². The fraction of sp³-hybridized carbons (Fsp3) is 0.423. The third-order valence-corrected chi connectivity index (χ3v) is 6.43. The maximum absolute atomic E-state index is 13.2. The van der Waals surface area contributed by atoms with Gasteiger partial charge in [0, 0.05) is 32.5 Å². The number of methoxy groups -OCH3 is 1. The molecule has 1 atom stereocenters. The van der Waals surface area contributed by atoms with Crippen LogP contribution in [0.4, 0.5) is 0 Å². The minimum Gasteiger partial charge on any atom is -0.497 e. The van der Waals surface area contributed by atoms with Crippen LogP contribution in [0.3, 0.4) is 0 Å². The predicted octanol–water partition coefficient (Wildman–Crippen LogP) is 2.63. The van der Waals surface area contributed by atoms with Crippen LogP contribution in [0, 0.1) is 0 Å². The van der Waals surface area contributed by atoms with E-state index in [2.05, 4.69) is 11.4 Å². The van der Waals surface area contributed by atoms with Gasteiger partial charge >= 0.3 is 0 Å². The van der Waals surface area contributed by atoms with Gasteiger partial charge in [-0.2, -0.15) is 0 Å². The Bertz CT molecular complexity index is 1000. The summed E-state index contributed by atoms with van der Waals surface area (Å²) in [5.74, 6) is 0.528. The molecule has 0 unspecified atom stereocenters. The van der Waals surface area contributed by atoms with E-state index in [1.165, 1.54) is 0 Å². The van der Waals surface area contributed by atoms with Crippen LogP contribution in [-0.4, -0.2) is 66.9 Å². The van der Waals surface area contributed by atoms with Crippen LogP contribution < -0.4 is 10.1 Å². The zero-order valence-electron chi connectivity index (χ0n) is 19.1. The van der Waals surface area contributed by atoms with Crippen molar-refractivity contribution in [2.45, 2.75) is 38.1 Å². The number of hydrogen-bond acceptors (Lipinski definition) is 4. The summed E-state index contributed by atoms with van der Waals surface area (Å²) in [4.78, 5) is 41.6. The van der Waals surface area contributed by atoms with E-state index >= 15 is 0 Å². The van der Waals surface area contributed by atoms with Gasteiger partial charge in [-0.15, -0.1) is 0 Å². The molecule has 2 aliphatic heterocycles. The highest BCUT2D eigenvalue weighted by Gasteiger charge is 2.34. The minimum atomic E-state index is -0.584. The van der Waals surface area contributed by atoms with Gasteiger partial charge in [0.2, 0.25) is 17.7 Å². The zero-order valence-corrected chi connectivity index (χ0v) is 19.1. The highest BCUT2D eigenvalue weighted by atomic mass is 16.5. The second-order valence-electron chi connectivity index (χ2n) is 8.65. The number of carbonyl (C=O) groups is 3. The molecule has 2 aliphatic rings. The Morgan fingerprint density at radius 2 is 1.85 bits per heavy atom. The summed E-state index contributed by atoms with van der Waals surface area (Å²) in [5.41, 5.74) is 3.08. The second kappa shape index (κ2) is 10.5. The summed E-state index contributed by atoms with van der Waals surface area (Å²) in [6.07, 6.45) is 3.73. The Kier molecular flexibility index (Phi) is 7.27. The van der Waals surface area contributed by atoms with Crippen LogP contribution in [0.25, 0.3) is 11.1 Å². The standard InChI is InChI=1S/C26H31N3O4/c1-33-22-11-9-20(10-12-22)21-7-5-6-19(16-21)17-23-26(32)27-13-15-29(23)25(31)18-28-14-4-2-3-8-24(28)30/h5-7,9-12,16,23H,2-4,8,13-15,17-18H2,1H3,(H,27,32)/t23-/m0/s1. The topological polar surface area (TPSA) is 79.0 Å². The first-order chi connectivity index (χ1) is 16.0. The van der Waals surface area contributed by atoms with E-state index in [9.17, 15) is 14.4 Å². The Labute approximate surface area is 194 Å². The van der Waals surface area contributed by atoms with Gasteiger partial charge in [0.15, 0.2) is 0 Å². The number of likely N-dealkylation sites (tertiary alicyclic amines) is 1. The van der Waals surface area contributed by atoms with E-state index in [0.29, 0.717) is 32.5 Å². The van der Waals surface area contributed by atoms with Crippen LogP contribution in [0.1, 0.15) is 31.2 Å². The second-order valence-corrected chi connectivity index (χ2v) is 8.65. The lowest BCUT2D eigenvalue weighted by Gasteiger charge is -2.36. The lowest BCUT2D eigenvalue weighted by atomic mass is 9.97. The summed E-state index contributed by atoms with van der Waals surface area (Å²) < 4.78 is 5.24. The number of benzene rings is 2. The minimum absolute atomic E-state index is 0.0334. The summed E-state index contributed by atoms with van der Waals surface area (Å²) in [7, 11) is 1.64. The molecule has 7 heteroatoms. The summed E-state index contributed by atoms with van der Waals surface area (Å²) in [6.45, 7) is 1.55. The fourth-order valence-electron chi connectivity index (χ4n) is 4.56. The van der Waals surface area contributed by atoms with Gasteiger partial charge < -0.3 is 19.9 Å². The molecule has 2 fully saturated rings. The van der Waals surface area contributed by atoms with Crippen molar-refractivity contribution in [1.29, 1.82) is 0 Å². The van der Waals surface area contributed by atoms with Gasteiger partial charge in [-0.1, -0.05) is 42.8 Å². The first kappa shape index (κ1) is 22.8. The Hall–Kier alpha value is -3.35. The van der Waals surface area contributed by atoms with Crippen LogP contribution >= 0.6 is 0 Å². The molecule has 4 rings (SSSR count). The smallest absolute Gasteiger partial charge is 0.243 e. The number of rotatable bonds is 6.